The first-order valence-corrected chi connectivity index (χ1v) is 5.48. The molecule has 2 heterocycles. The van der Waals surface area contributed by atoms with Gasteiger partial charge >= 0.3 is 5.69 Å². The van der Waals surface area contributed by atoms with E-state index in [4.69, 9.17) is 0 Å². The van der Waals surface area contributed by atoms with Crippen molar-refractivity contribution in [3.8, 4) is 5.88 Å². The van der Waals surface area contributed by atoms with E-state index in [0.29, 0.717) is 5.92 Å². The summed E-state index contributed by atoms with van der Waals surface area (Å²) in [6.45, 7) is 5.97. The second-order valence-corrected chi connectivity index (χ2v) is 4.54. The lowest BCUT2D eigenvalue weighted by Gasteiger charge is -2.18. The number of aromatic hydroxyl groups is 1. The van der Waals surface area contributed by atoms with E-state index in [1.54, 1.807) is 10.8 Å². The van der Waals surface area contributed by atoms with E-state index >= 15 is 0 Å². The Hall–Kier alpha value is -1.98. The molecule has 3 N–H and O–H groups in total. The van der Waals surface area contributed by atoms with Crippen LogP contribution in [0, 0.1) is 5.92 Å². The largest absolute Gasteiger partial charge is 0.493 e. The van der Waals surface area contributed by atoms with Crippen molar-refractivity contribution >= 4 is 10.9 Å². The molecule has 0 aliphatic heterocycles. The molecule has 0 aromatic carbocycles. The molecular formula is C11H15N3O3. The van der Waals surface area contributed by atoms with Gasteiger partial charge in [-0.15, -0.1) is 0 Å². The van der Waals surface area contributed by atoms with Gasteiger partial charge in [0, 0.05) is 12.2 Å². The molecule has 6 nitrogen and oxygen atoms in total. The lowest BCUT2D eigenvalue weighted by molar-refractivity contribution is 0.345. The van der Waals surface area contributed by atoms with Crippen LogP contribution in [0.2, 0.25) is 0 Å². The van der Waals surface area contributed by atoms with Crippen LogP contribution in [0.1, 0.15) is 26.8 Å². The lowest BCUT2D eigenvalue weighted by atomic mass is 10.1. The molecule has 2 rings (SSSR count). The first kappa shape index (κ1) is 11.5. The molecule has 6 heteroatoms. The molecule has 17 heavy (non-hydrogen) atoms. The molecule has 0 saturated heterocycles. The second-order valence-electron chi connectivity index (χ2n) is 4.54. The molecular weight excluding hydrogens is 222 g/mol. The normalized spacial score (nSPS) is 13.4. The van der Waals surface area contributed by atoms with Gasteiger partial charge in [-0.25, -0.2) is 4.79 Å². The van der Waals surface area contributed by atoms with Crippen LogP contribution < -0.4 is 11.2 Å². The SMILES string of the molecule is CC(C)C(C)n1cc2c(=O)[nH]c(=O)[nH]c2c1O. The Morgan fingerprint density at radius 2 is 1.88 bits per heavy atom. The molecule has 2 aromatic heterocycles. The molecule has 1 atom stereocenters. The number of hydrogen-bond donors (Lipinski definition) is 3. The number of fused-ring (bicyclic) bond motifs is 1. The number of H-pyrrole nitrogens is 2. The van der Waals surface area contributed by atoms with Gasteiger partial charge in [-0.05, 0) is 12.8 Å². The summed E-state index contributed by atoms with van der Waals surface area (Å²) >= 11 is 0. The minimum Gasteiger partial charge on any atom is -0.493 e. The van der Waals surface area contributed by atoms with E-state index in [-0.39, 0.29) is 22.8 Å². The van der Waals surface area contributed by atoms with Crippen molar-refractivity contribution in [3.63, 3.8) is 0 Å². The summed E-state index contributed by atoms with van der Waals surface area (Å²) < 4.78 is 1.60. The third-order valence-corrected chi connectivity index (χ3v) is 3.12. The molecule has 0 radical (unpaired) electrons. The summed E-state index contributed by atoms with van der Waals surface area (Å²) in [7, 11) is 0. The van der Waals surface area contributed by atoms with E-state index in [9.17, 15) is 14.7 Å². The van der Waals surface area contributed by atoms with Gasteiger partial charge in [-0.1, -0.05) is 13.8 Å². The van der Waals surface area contributed by atoms with E-state index in [0.717, 1.165) is 0 Å². The average molecular weight is 237 g/mol. The number of aromatic nitrogens is 3. The monoisotopic (exact) mass is 237 g/mol. The maximum atomic E-state index is 11.6. The molecule has 0 bridgehead atoms. The summed E-state index contributed by atoms with van der Waals surface area (Å²) in [5.41, 5.74) is -0.923. The van der Waals surface area contributed by atoms with Gasteiger partial charge in [0.1, 0.15) is 5.52 Å². The van der Waals surface area contributed by atoms with Crippen molar-refractivity contribution in [2.45, 2.75) is 26.8 Å². The van der Waals surface area contributed by atoms with Crippen LogP contribution in [-0.2, 0) is 0 Å². The Balaban J connectivity index is 2.77. The van der Waals surface area contributed by atoms with Crippen LogP contribution in [0.25, 0.3) is 10.9 Å². The molecule has 0 fully saturated rings. The van der Waals surface area contributed by atoms with Crippen molar-refractivity contribution in [1.82, 2.24) is 14.5 Å². The molecule has 0 spiro atoms. The molecule has 1 unspecified atom stereocenters. The third-order valence-electron chi connectivity index (χ3n) is 3.12. The van der Waals surface area contributed by atoms with Crippen LogP contribution in [0.15, 0.2) is 15.8 Å². The number of aromatic amines is 2. The first-order valence-electron chi connectivity index (χ1n) is 5.48. The molecule has 92 valence electrons. The minimum absolute atomic E-state index is 0.0327. The van der Waals surface area contributed by atoms with E-state index in [2.05, 4.69) is 9.97 Å². The van der Waals surface area contributed by atoms with Crippen LogP contribution in [0.3, 0.4) is 0 Å². The van der Waals surface area contributed by atoms with Gasteiger partial charge in [0.25, 0.3) is 5.56 Å². The Morgan fingerprint density at radius 3 is 2.47 bits per heavy atom. The zero-order chi connectivity index (χ0) is 12.7. The van der Waals surface area contributed by atoms with E-state index in [1.165, 1.54) is 0 Å². The van der Waals surface area contributed by atoms with Crippen molar-refractivity contribution in [2.24, 2.45) is 5.92 Å². The summed E-state index contributed by atoms with van der Waals surface area (Å²) in [5, 5.41) is 10.3. The van der Waals surface area contributed by atoms with Gasteiger partial charge in [0.05, 0.1) is 5.39 Å². The minimum atomic E-state index is -0.618. The maximum absolute atomic E-state index is 11.6. The van der Waals surface area contributed by atoms with Gasteiger partial charge < -0.3 is 14.7 Å². The van der Waals surface area contributed by atoms with Crippen LogP contribution in [0.5, 0.6) is 5.88 Å². The average Bonchev–Trinajstić information content (AvgIpc) is 2.56. The number of nitrogens with one attached hydrogen (secondary N) is 2. The van der Waals surface area contributed by atoms with E-state index < -0.39 is 11.2 Å². The van der Waals surface area contributed by atoms with Gasteiger partial charge in [-0.3, -0.25) is 9.78 Å². The zero-order valence-electron chi connectivity index (χ0n) is 9.94. The second kappa shape index (κ2) is 3.80. The topological polar surface area (TPSA) is 90.9 Å². The summed E-state index contributed by atoms with van der Waals surface area (Å²) in [4.78, 5) is 27.3. The fourth-order valence-corrected chi connectivity index (χ4v) is 1.76. The molecule has 0 aliphatic rings. The smallest absolute Gasteiger partial charge is 0.326 e. The van der Waals surface area contributed by atoms with Crippen molar-refractivity contribution in [2.75, 3.05) is 0 Å². The summed E-state index contributed by atoms with van der Waals surface area (Å²) in [6, 6.07) is 0.0327. The van der Waals surface area contributed by atoms with Crippen LogP contribution in [-0.4, -0.2) is 19.6 Å². The summed E-state index contributed by atoms with van der Waals surface area (Å²) in [6.07, 6.45) is 1.56. The van der Waals surface area contributed by atoms with Crippen molar-refractivity contribution < 1.29 is 5.11 Å². The fourth-order valence-electron chi connectivity index (χ4n) is 1.76. The predicted molar refractivity (Wildman–Crippen MR) is 64.4 cm³/mol. The molecule has 2 aromatic rings. The standard InChI is InChI=1S/C11H15N3O3/c1-5(2)6(3)14-4-7-8(10(14)16)12-11(17)13-9(7)15/h4-6,16H,1-3H3,(H2,12,13,15,17). The highest BCUT2D eigenvalue weighted by Gasteiger charge is 2.18. The number of hydrogen-bond acceptors (Lipinski definition) is 3. The molecule has 0 amide bonds. The Labute approximate surface area is 96.9 Å². The Morgan fingerprint density at radius 1 is 1.24 bits per heavy atom. The summed E-state index contributed by atoms with van der Waals surface area (Å²) in [5.74, 6) is 0.220. The Bertz CT molecular complexity index is 663. The molecule has 0 saturated carbocycles. The quantitative estimate of drug-likeness (QED) is 0.726. The van der Waals surface area contributed by atoms with Crippen molar-refractivity contribution in [3.05, 3.63) is 27.0 Å². The lowest BCUT2D eigenvalue weighted by Crippen LogP contribution is -2.20. The number of rotatable bonds is 2. The third kappa shape index (κ3) is 1.75. The van der Waals surface area contributed by atoms with E-state index in [1.807, 2.05) is 20.8 Å². The Kier molecular flexibility index (Phi) is 2.57. The molecule has 0 aliphatic carbocycles. The highest BCUT2D eigenvalue weighted by Crippen LogP contribution is 2.28. The van der Waals surface area contributed by atoms with Crippen LogP contribution >= 0.6 is 0 Å². The van der Waals surface area contributed by atoms with Crippen LogP contribution in [0.4, 0.5) is 0 Å². The first-order chi connectivity index (χ1) is 7.91. The number of nitrogens with zero attached hydrogens (tertiary/aromatic N) is 1. The van der Waals surface area contributed by atoms with Crippen molar-refractivity contribution in [1.29, 1.82) is 0 Å². The highest BCUT2D eigenvalue weighted by atomic mass is 16.3. The van der Waals surface area contributed by atoms with Gasteiger partial charge in [-0.2, -0.15) is 0 Å². The highest BCUT2D eigenvalue weighted by molar-refractivity contribution is 5.82. The predicted octanol–water partition coefficient (Wildman–Crippen LogP) is 0.940. The maximum Gasteiger partial charge on any atom is 0.326 e. The zero-order valence-corrected chi connectivity index (χ0v) is 9.94. The van der Waals surface area contributed by atoms with Gasteiger partial charge in [0.2, 0.25) is 5.88 Å². The van der Waals surface area contributed by atoms with Gasteiger partial charge in [0.15, 0.2) is 0 Å². The fraction of sp³-hybridized carbons (Fsp3) is 0.455.